The van der Waals surface area contributed by atoms with Gasteiger partial charge in [0.15, 0.2) is 0 Å². The lowest BCUT2D eigenvalue weighted by molar-refractivity contribution is 0.606. The number of hydrogen-bond donors (Lipinski definition) is 0. The van der Waals surface area contributed by atoms with Crippen molar-refractivity contribution in [3.05, 3.63) is 27.7 Å². The monoisotopic (exact) mass is 209 g/mol. The van der Waals surface area contributed by atoms with Gasteiger partial charge in [0.2, 0.25) is 0 Å². The van der Waals surface area contributed by atoms with Crippen LogP contribution in [0.25, 0.3) is 0 Å². The van der Waals surface area contributed by atoms with Gasteiger partial charge in [-0.05, 0) is 29.6 Å². The Bertz CT molecular complexity index is 413. The number of nitrogens with zero attached hydrogens (tertiary/aromatic N) is 1. The van der Waals surface area contributed by atoms with E-state index in [1.54, 1.807) is 0 Å². The van der Waals surface area contributed by atoms with E-state index in [-0.39, 0.29) is 4.47 Å². The quantitative estimate of drug-likeness (QED) is 0.641. The standard InChI is InChI=1S/C7H7BrFN/c1-4-5(2)10-3-6(8)7(4)9/h3H,1-2H3/i1D3,2D3. The van der Waals surface area contributed by atoms with Crippen molar-refractivity contribution in [3.8, 4) is 0 Å². The molecule has 0 saturated heterocycles. The van der Waals surface area contributed by atoms with Crippen molar-refractivity contribution in [2.24, 2.45) is 0 Å². The van der Waals surface area contributed by atoms with Gasteiger partial charge in [-0.3, -0.25) is 4.98 Å². The minimum absolute atomic E-state index is 0.174. The van der Waals surface area contributed by atoms with Crippen molar-refractivity contribution in [1.82, 2.24) is 4.98 Å². The second kappa shape index (κ2) is 2.66. The molecule has 1 aromatic rings. The smallest absolute Gasteiger partial charge is 0.143 e. The SMILES string of the molecule is [2H]C([2H])([2H])c1ncc(Br)c(F)c1C([2H])([2H])[2H]. The first-order valence-corrected chi connectivity index (χ1v) is 3.19. The summed E-state index contributed by atoms with van der Waals surface area (Å²) in [6.07, 6.45) is 0.937. The summed E-state index contributed by atoms with van der Waals surface area (Å²) in [5.74, 6) is -1.11. The lowest BCUT2D eigenvalue weighted by atomic mass is 10.2. The molecule has 0 amide bonds. The summed E-state index contributed by atoms with van der Waals surface area (Å²) in [7, 11) is 0. The second-order valence-electron chi connectivity index (χ2n) is 1.64. The summed E-state index contributed by atoms with van der Waals surface area (Å²) in [6, 6.07) is 0. The maximum atomic E-state index is 13.6. The van der Waals surface area contributed by atoms with E-state index in [9.17, 15) is 4.39 Å². The van der Waals surface area contributed by atoms with E-state index in [1.807, 2.05) is 0 Å². The van der Waals surface area contributed by atoms with E-state index < -0.39 is 30.8 Å². The Morgan fingerprint density at radius 3 is 3.10 bits per heavy atom. The molecule has 0 aliphatic rings. The van der Waals surface area contributed by atoms with E-state index in [0.29, 0.717) is 0 Å². The number of hydrogen-bond acceptors (Lipinski definition) is 1. The van der Waals surface area contributed by atoms with Gasteiger partial charge >= 0.3 is 0 Å². The van der Waals surface area contributed by atoms with Gasteiger partial charge in [0, 0.05) is 25.7 Å². The largest absolute Gasteiger partial charge is 0.260 e. The summed E-state index contributed by atoms with van der Waals surface area (Å²) >= 11 is 2.77. The molecule has 1 heterocycles. The topological polar surface area (TPSA) is 12.9 Å². The minimum Gasteiger partial charge on any atom is -0.260 e. The Kier molecular flexibility index (Phi) is 0.770. The van der Waals surface area contributed by atoms with Gasteiger partial charge in [-0.15, -0.1) is 0 Å². The van der Waals surface area contributed by atoms with E-state index in [0.717, 1.165) is 6.20 Å². The fourth-order valence-corrected chi connectivity index (χ4v) is 0.766. The van der Waals surface area contributed by atoms with Crippen LogP contribution in [0.5, 0.6) is 0 Å². The number of aryl methyl sites for hydroxylation is 1. The number of pyridine rings is 1. The van der Waals surface area contributed by atoms with Gasteiger partial charge in [0.05, 0.1) is 4.47 Å². The third-order valence-corrected chi connectivity index (χ3v) is 1.53. The van der Waals surface area contributed by atoms with Gasteiger partial charge < -0.3 is 0 Å². The Morgan fingerprint density at radius 2 is 2.50 bits per heavy atom. The van der Waals surface area contributed by atoms with Crippen LogP contribution in [0.15, 0.2) is 10.7 Å². The van der Waals surface area contributed by atoms with E-state index in [1.165, 1.54) is 0 Å². The molecule has 0 bridgehead atoms. The molecule has 0 atom stereocenters. The zero-order chi connectivity index (χ0) is 12.7. The molecule has 3 heteroatoms. The van der Waals surface area contributed by atoms with Crippen molar-refractivity contribution in [3.63, 3.8) is 0 Å². The third kappa shape index (κ3) is 1.19. The van der Waals surface area contributed by atoms with Crippen LogP contribution >= 0.6 is 15.9 Å². The van der Waals surface area contributed by atoms with Crippen molar-refractivity contribution >= 4 is 15.9 Å². The molecule has 0 fully saturated rings. The van der Waals surface area contributed by atoms with Gasteiger partial charge in [-0.25, -0.2) is 4.39 Å². The first kappa shape index (κ1) is 2.89. The predicted molar refractivity (Wildman–Crippen MR) is 41.4 cm³/mol. The highest BCUT2D eigenvalue weighted by atomic mass is 79.9. The highest BCUT2D eigenvalue weighted by molar-refractivity contribution is 9.10. The molecule has 0 unspecified atom stereocenters. The van der Waals surface area contributed by atoms with Crippen LogP contribution in [0.3, 0.4) is 0 Å². The molecule has 1 rings (SSSR count). The predicted octanol–water partition coefficient (Wildman–Crippen LogP) is 2.60. The highest BCUT2D eigenvalue weighted by Crippen LogP contribution is 2.18. The molecule has 0 aromatic carbocycles. The Labute approximate surface area is 75.8 Å². The highest BCUT2D eigenvalue weighted by Gasteiger charge is 2.04. The number of halogens is 2. The number of rotatable bonds is 0. The van der Waals surface area contributed by atoms with E-state index >= 15 is 0 Å². The van der Waals surface area contributed by atoms with Crippen molar-refractivity contribution < 1.29 is 12.6 Å². The zero-order valence-corrected chi connectivity index (χ0v) is 6.37. The lowest BCUT2D eigenvalue weighted by Gasteiger charge is -2.00. The average molecular weight is 210 g/mol. The Hall–Kier alpha value is -0.440. The van der Waals surface area contributed by atoms with Gasteiger partial charge in [-0.1, -0.05) is 0 Å². The molecule has 1 aromatic heterocycles. The molecule has 1 nitrogen and oxygen atoms in total. The maximum Gasteiger partial charge on any atom is 0.143 e. The minimum atomic E-state index is -2.86. The van der Waals surface area contributed by atoms with Gasteiger partial charge in [0.1, 0.15) is 5.82 Å². The summed E-state index contributed by atoms with van der Waals surface area (Å²) in [5, 5.41) is 0. The third-order valence-electron chi connectivity index (χ3n) is 0.973. The molecule has 0 saturated carbocycles. The van der Waals surface area contributed by atoms with E-state index in [4.69, 9.17) is 8.22 Å². The normalized spacial score (nSPS) is 21.4. The molecule has 0 aliphatic heterocycles. The summed E-state index contributed by atoms with van der Waals surface area (Å²) in [4.78, 5) is 3.47. The van der Waals surface area contributed by atoms with Crippen LogP contribution in [0, 0.1) is 19.5 Å². The summed E-state index contributed by atoms with van der Waals surface area (Å²) in [5.41, 5.74) is -1.59. The molecule has 0 N–H and O–H groups in total. The van der Waals surface area contributed by atoms with Crippen molar-refractivity contribution in [2.45, 2.75) is 13.7 Å². The molecular formula is C7H7BrFN. The zero-order valence-electron chi connectivity index (χ0n) is 10.8. The summed E-state index contributed by atoms with van der Waals surface area (Å²) < 4.78 is 56.1. The number of aromatic nitrogens is 1. The van der Waals surface area contributed by atoms with Gasteiger partial charge in [0.25, 0.3) is 0 Å². The molecule has 54 valence electrons. The lowest BCUT2D eigenvalue weighted by Crippen LogP contribution is -1.91. The summed E-state index contributed by atoms with van der Waals surface area (Å²) in [6.45, 7) is -5.62. The molecule has 0 aliphatic carbocycles. The fourth-order valence-electron chi connectivity index (χ4n) is 0.466. The van der Waals surface area contributed by atoms with E-state index in [2.05, 4.69) is 20.9 Å². The molecule has 0 radical (unpaired) electrons. The van der Waals surface area contributed by atoms with Crippen LogP contribution in [-0.4, -0.2) is 4.98 Å². The Balaban J connectivity index is 3.59. The first-order valence-electron chi connectivity index (χ1n) is 5.40. The van der Waals surface area contributed by atoms with Crippen molar-refractivity contribution in [1.29, 1.82) is 0 Å². The molecule has 10 heavy (non-hydrogen) atoms. The van der Waals surface area contributed by atoms with Crippen LogP contribution in [0.2, 0.25) is 0 Å². The first-order chi connectivity index (χ1) is 7.05. The van der Waals surface area contributed by atoms with Crippen LogP contribution < -0.4 is 0 Å². The van der Waals surface area contributed by atoms with Crippen LogP contribution in [-0.2, 0) is 0 Å². The van der Waals surface area contributed by atoms with Crippen LogP contribution in [0.4, 0.5) is 4.39 Å². The molecule has 0 spiro atoms. The molecular weight excluding hydrogens is 197 g/mol. The van der Waals surface area contributed by atoms with Crippen LogP contribution in [0.1, 0.15) is 19.5 Å². The maximum absolute atomic E-state index is 13.6. The average Bonchev–Trinajstić information content (AvgIpc) is 2.05. The van der Waals surface area contributed by atoms with Crippen molar-refractivity contribution in [2.75, 3.05) is 0 Å². The second-order valence-corrected chi connectivity index (χ2v) is 2.50. The van der Waals surface area contributed by atoms with Gasteiger partial charge in [-0.2, -0.15) is 0 Å². The Morgan fingerprint density at radius 1 is 1.70 bits per heavy atom. The fraction of sp³-hybridized carbons (Fsp3) is 0.286.